The molecule has 0 unspecified atom stereocenters. The number of thiocarbonyl (C=S) groups is 2. The van der Waals surface area contributed by atoms with Crippen LogP contribution in [0.2, 0.25) is 0 Å². The molecule has 0 aliphatic heterocycles. The van der Waals surface area contributed by atoms with Crippen LogP contribution in [-0.2, 0) is 14.1 Å². The van der Waals surface area contributed by atoms with E-state index in [1.54, 1.807) is 32.8 Å². The Morgan fingerprint density at radius 1 is 0.652 bits per heavy atom. The van der Waals surface area contributed by atoms with Gasteiger partial charge in [-0.25, -0.2) is 9.36 Å². The first-order chi connectivity index (χ1) is 22.2. The zero-order valence-corrected chi connectivity index (χ0v) is 27.2. The summed E-state index contributed by atoms with van der Waals surface area (Å²) in [6, 6.07) is 28.0. The van der Waals surface area contributed by atoms with Gasteiger partial charge in [0.25, 0.3) is 11.1 Å². The summed E-state index contributed by atoms with van der Waals surface area (Å²) in [5.41, 5.74) is 9.74. The van der Waals surface area contributed by atoms with E-state index in [0.29, 0.717) is 28.5 Å². The summed E-state index contributed by atoms with van der Waals surface area (Å²) < 4.78 is 6.62. The maximum Gasteiger partial charge on any atom is 0.295 e. The Hall–Kier alpha value is -5.60. The van der Waals surface area contributed by atoms with Gasteiger partial charge in [-0.2, -0.15) is 10.2 Å². The molecule has 0 fully saturated rings. The molecule has 0 saturated carbocycles. The third-order valence-electron chi connectivity index (χ3n) is 7.29. The van der Waals surface area contributed by atoms with Gasteiger partial charge in [0, 0.05) is 19.7 Å². The number of nitrogens with one attached hydrogen (secondary N) is 4. The van der Waals surface area contributed by atoms with Gasteiger partial charge in [0.15, 0.2) is 10.2 Å². The van der Waals surface area contributed by atoms with Crippen molar-refractivity contribution in [3.63, 3.8) is 0 Å². The summed E-state index contributed by atoms with van der Waals surface area (Å²) in [5.74, 6) is 0. The van der Waals surface area contributed by atoms with Crippen LogP contribution in [0.25, 0.3) is 11.4 Å². The minimum absolute atomic E-state index is 0.118. The molecular formula is C32H32N10O2S2. The van der Waals surface area contributed by atoms with Gasteiger partial charge in [-0.3, -0.25) is 29.8 Å². The molecule has 3 aromatic carbocycles. The van der Waals surface area contributed by atoms with Crippen molar-refractivity contribution in [1.29, 1.82) is 0 Å². The standard InChI is InChI=1S/C32H32N10O2S2/c1-21-27(29(43)41(39(21)3)24-16-10-6-11-17-24)34-31(45)37-33-20-26(23-14-8-5-9-15-23)36-38-32(46)35-28-22(2)40(4)42(30(28)44)25-18-12-7-13-19-25/h5-20H,1-4H3,(H2,34,37,45)(H2,35,38,46)/b33-20-,36-26+. The van der Waals surface area contributed by atoms with E-state index in [-0.39, 0.29) is 21.3 Å². The lowest BCUT2D eigenvalue weighted by atomic mass is 10.1. The average molecular weight is 653 g/mol. The fourth-order valence-corrected chi connectivity index (χ4v) is 5.05. The summed E-state index contributed by atoms with van der Waals surface area (Å²) in [7, 11) is 3.61. The van der Waals surface area contributed by atoms with Crippen molar-refractivity contribution in [3.8, 4) is 11.4 Å². The number of aromatic nitrogens is 4. The Labute approximate surface area is 275 Å². The molecule has 0 spiro atoms. The Balaban J connectivity index is 1.30. The maximum absolute atomic E-state index is 13.3. The van der Waals surface area contributed by atoms with Crippen molar-refractivity contribution in [2.45, 2.75) is 13.8 Å². The number of hydrazone groups is 2. The lowest BCUT2D eigenvalue weighted by Crippen LogP contribution is -2.30. The molecule has 0 saturated heterocycles. The Morgan fingerprint density at radius 2 is 1.07 bits per heavy atom. The fourth-order valence-electron chi connectivity index (χ4n) is 4.75. The van der Waals surface area contributed by atoms with Gasteiger partial charge < -0.3 is 10.6 Å². The smallest absolute Gasteiger partial charge is 0.295 e. The number of hydrogen-bond donors (Lipinski definition) is 4. The lowest BCUT2D eigenvalue weighted by Gasteiger charge is -2.08. The molecule has 0 aliphatic rings. The van der Waals surface area contributed by atoms with Gasteiger partial charge in [0.1, 0.15) is 17.1 Å². The first kappa shape index (κ1) is 31.8. The SMILES string of the molecule is Cc1c(NC(=S)N/N=C\C(=N/NC(=S)Nc2c(C)n(C)n(-c3ccccc3)c2=O)c2ccccc2)c(=O)n(-c2ccccc2)n1C. The van der Waals surface area contributed by atoms with E-state index in [0.717, 1.165) is 16.9 Å². The zero-order valence-electron chi connectivity index (χ0n) is 25.6. The Morgan fingerprint density at radius 3 is 1.52 bits per heavy atom. The molecule has 0 atom stereocenters. The summed E-state index contributed by atoms with van der Waals surface area (Å²) in [4.78, 5) is 26.5. The molecule has 0 radical (unpaired) electrons. The van der Waals surface area contributed by atoms with Crippen LogP contribution in [0.3, 0.4) is 0 Å². The van der Waals surface area contributed by atoms with Crippen molar-refractivity contribution in [2.75, 3.05) is 10.6 Å². The zero-order chi connectivity index (χ0) is 32.8. The van der Waals surface area contributed by atoms with E-state index in [2.05, 4.69) is 31.7 Å². The molecule has 0 bridgehead atoms. The number of hydrogen-bond acceptors (Lipinski definition) is 6. The van der Waals surface area contributed by atoms with E-state index in [1.807, 2.05) is 105 Å². The molecule has 5 rings (SSSR count). The highest BCUT2D eigenvalue weighted by Gasteiger charge is 2.18. The van der Waals surface area contributed by atoms with E-state index >= 15 is 0 Å². The molecule has 2 aromatic heterocycles. The molecule has 2 heterocycles. The summed E-state index contributed by atoms with van der Waals surface area (Å²) in [6.45, 7) is 3.65. The van der Waals surface area contributed by atoms with Gasteiger partial charge in [-0.15, -0.1) is 0 Å². The third kappa shape index (κ3) is 6.72. The number of anilines is 2. The predicted molar refractivity (Wildman–Crippen MR) is 192 cm³/mol. The minimum Gasteiger partial charge on any atom is -0.325 e. The number of nitrogens with zero attached hydrogens (tertiary/aromatic N) is 6. The van der Waals surface area contributed by atoms with E-state index in [9.17, 15) is 9.59 Å². The van der Waals surface area contributed by atoms with E-state index < -0.39 is 0 Å². The van der Waals surface area contributed by atoms with Gasteiger partial charge in [0.2, 0.25) is 0 Å². The summed E-state index contributed by atoms with van der Waals surface area (Å²) in [6.07, 6.45) is 1.47. The second kappa shape index (κ2) is 14.0. The molecule has 4 N–H and O–H groups in total. The fraction of sp³-hybridized carbons (Fsp3) is 0.125. The van der Waals surface area contributed by atoms with Crippen molar-refractivity contribution in [1.82, 2.24) is 29.6 Å². The van der Waals surface area contributed by atoms with Crippen LogP contribution < -0.4 is 32.6 Å². The third-order valence-corrected chi connectivity index (χ3v) is 7.67. The van der Waals surface area contributed by atoms with Crippen molar-refractivity contribution >= 4 is 58.0 Å². The normalized spacial score (nSPS) is 11.4. The Bertz CT molecular complexity index is 2060. The topological polar surface area (TPSA) is 127 Å². The van der Waals surface area contributed by atoms with Crippen LogP contribution in [0, 0.1) is 13.8 Å². The monoisotopic (exact) mass is 652 g/mol. The van der Waals surface area contributed by atoms with Crippen molar-refractivity contribution in [3.05, 3.63) is 129 Å². The molecule has 5 aromatic rings. The first-order valence-corrected chi connectivity index (χ1v) is 15.0. The van der Waals surface area contributed by atoms with Crippen molar-refractivity contribution in [2.24, 2.45) is 24.3 Å². The van der Waals surface area contributed by atoms with E-state index in [1.165, 1.54) is 6.21 Å². The molecule has 14 heteroatoms. The molecular weight excluding hydrogens is 621 g/mol. The summed E-state index contributed by atoms with van der Waals surface area (Å²) >= 11 is 10.9. The highest BCUT2D eigenvalue weighted by Crippen LogP contribution is 2.15. The molecule has 0 aliphatic carbocycles. The predicted octanol–water partition coefficient (Wildman–Crippen LogP) is 3.95. The molecule has 46 heavy (non-hydrogen) atoms. The number of rotatable bonds is 8. The lowest BCUT2D eigenvalue weighted by molar-refractivity contribution is 0.630. The van der Waals surface area contributed by atoms with Crippen LogP contribution in [-0.4, -0.2) is 40.9 Å². The molecule has 12 nitrogen and oxygen atoms in total. The minimum atomic E-state index is -0.251. The van der Waals surface area contributed by atoms with Crippen LogP contribution in [0.15, 0.2) is 111 Å². The average Bonchev–Trinajstić information content (AvgIpc) is 3.41. The van der Waals surface area contributed by atoms with E-state index in [4.69, 9.17) is 24.4 Å². The van der Waals surface area contributed by atoms with Gasteiger partial charge in [-0.05, 0) is 62.5 Å². The highest BCUT2D eigenvalue weighted by atomic mass is 32.1. The molecule has 234 valence electrons. The van der Waals surface area contributed by atoms with Gasteiger partial charge in [0.05, 0.1) is 29.0 Å². The van der Waals surface area contributed by atoms with Gasteiger partial charge in [-0.1, -0.05) is 66.7 Å². The first-order valence-electron chi connectivity index (χ1n) is 14.2. The second-order valence-electron chi connectivity index (χ2n) is 10.1. The molecule has 0 amide bonds. The maximum atomic E-state index is 13.3. The van der Waals surface area contributed by atoms with Crippen LogP contribution in [0.1, 0.15) is 17.0 Å². The highest BCUT2D eigenvalue weighted by molar-refractivity contribution is 7.80. The number of para-hydroxylation sites is 2. The van der Waals surface area contributed by atoms with Gasteiger partial charge >= 0.3 is 0 Å². The van der Waals surface area contributed by atoms with Crippen LogP contribution >= 0.6 is 24.4 Å². The Kier molecular flexibility index (Phi) is 9.69. The largest absolute Gasteiger partial charge is 0.325 e. The van der Waals surface area contributed by atoms with Crippen LogP contribution in [0.4, 0.5) is 11.4 Å². The number of benzene rings is 3. The van der Waals surface area contributed by atoms with Crippen molar-refractivity contribution < 1.29 is 0 Å². The summed E-state index contributed by atoms with van der Waals surface area (Å²) in [5, 5.41) is 14.9. The quantitative estimate of drug-likeness (QED) is 0.113. The van der Waals surface area contributed by atoms with Crippen LogP contribution in [0.5, 0.6) is 0 Å². The second-order valence-corrected chi connectivity index (χ2v) is 10.9.